The molecule has 1 aromatic carbocycles. The molecule has 3 nitrogen and oxygen atoms in total. The van der Waals surface area contributed by atoms with Crippen molar-refractivity contribution in [3.8, 4) is 0 Å². The summed E-state index contributed by atoms with van der Waals surface area (Å²) in [5.41, 5.74) is 1.33. The Kier molecular flexibility index (Phi) is 7.10. The second-order valence-electron chi connectivity index (χ2n) is 5.03. The average molecular weight is 283 g/mol. The first kappa shape index (κ1) is 16.2. The molecule has 1 atom stereocenters. The molecule has 0 aromatic heterocycles. The summed E-state index contributed by atoms with van der Waals surface area (Å²) in [5, 5.41) is 3.29. The number of nitrogens with one attached hydrogen (secondary N) is 1. The van der Waals surface area contributed by atoms with Crippen LogP contribution in [0.15, 0.2) is 30.3 Å². The van der Waals surface area contributed by atoms with E-state index in [-0.39, 0.29) is 5.75 Å². The van der Waals surface area contributed by atoms with Crippen LogP contribution in [0.25, 0.3) is 0 Å². The lowest BCUT2D eigenvalue weighted by molar-refractivity contribution is 0.526. The summed E-state index contributed by atoms with van der Waals surface area (Å²) in [6.07, 6.45) is 2.75. The van der Waals surface area contributed by atoms with Gasteiger partial charge in [0, 0.05) is 18.3 Å². The molecule has 0 aliphatic heterocycles. The minimum atomic E-state index is -2.86. The van der Waals surface area contributed by atoms with Gasteiger partial charge in [-0.2, -0.15) is 0 Å². The van der Waals surface area contributed by atoms with Crippen LogP contribution in [0.1, 0.15) is 32.3 Å². The lowest BCUT2D eigenvalue weighted by atomic mass is 10.1. The Bertz CT molecular complexity index is 442. The van der Waals surface area contributed by atoms with Crippen molar-refractivity contribution in [3.63, 3.8) is 0 Å². The van der Waals surface area contributed by atoms with Crippen molar-refractivity contribution >= 4 is 9.84 Å². The number of hydrogen-bond donors (Lipinski definition) is 1. The predicted octanol–water partition coefficient (Wildman–Crippen LogP) is 2.42. The van der Waals surface area contributed by atoms with Gasteiger partial charge in [0.25, 0.3) is 0 Å². The van der Waals surface area contributed by atoms with Gasteiger partial charge in [0.05, 0.1) is 5.75 Å². The first-order valence-corrected chi connectivity index (χ1v) is 8.83. The monoisotopic (exact) mass is 283 g/mol. The van der Waals surface area contributed by atoms with Crippen LogP contribution in [-0.4, -0.2) is 32.5 Å². The second-order valence-corrected chi connectivity index (χ2v) is 7.33. The molecule has 0 spiro atoms. The third-order valence-electron chi connectivity index (χ3n) is 3.13. The molecule has 0 radical (unpaired) electrons. The molecule has 108 valence electrons. The SMILES string of the molecule is CCCS(=O)(=O)CCNC(C)CCc1ccccc1. The van der Waals surface area contributed by atoms with Crippen molar-refractivity contribution in [3.05, 3.63) is 35.9 Å². The van der Waals surface area contributed by atoms with E-state index in [1.165, 1.54) is 5.56 Å². The molecule has 1 aromatic rings. The molecule has 0 bridgehead atoms. The summed E-state index contributed by atoms with van der Waals surface area (Å²) in [6, 6.07) is 10.7. The van der Waals surface area contributed by atoms with Crippen LogP contribution < -0.4 is 5.32 Å². The fraction of sp³-hybridized carbons (Fsp3) is 0.600. The number of benzene rings is 1. The van der Waals surface area contributed by atoms with Gasteiger partial charge in [-0.25, -0.2) is 8.42 Å². The Morgan fingerprint density at radius 2 is 1.84 bits per heavy atom. The van der Waals surface area contributed by atoms with Crippen molar-refractivity contribution in [2.45, 2.75) is 39.2 Å². The maximum atomic E-state index is 11.6. The van der Waals surface area contributed by atoms with Gasteiger partial charge in [0.15, 0.2) is 9.84 Å². The summed E-state index contributed by atoms with van der Waals surface area (Å²) in [5.74, 6) is 0.545. The highest BCUT2D eigenvalue weighted by atomic mass is 32.2. The molecule has 1 N–H and O–H groups in total. The Balaban J connectivity index is 2.20. The number of aryl methyl sites for hydroxylation is 1. The smallest absolute Gasteiger partial charge is 0.151 e. The van der Waals surface area contributed by atoms with Crippen LogP contribution in [0.4, 0.5) is 0 Å². The van der Waals surface area contributed by atoms with Gasteiger partial charge in [0.1, 0.15) is 0 Å². The quantitative estimate of drug-likeness (QED) is 0.757. The highest BCUT2D eigenvalue weighted by Gasteiger charge is 2.09. The van der Waals surface area contributed by atoms with E-state index in [1.807, 2.05) is 25.1 Å². The highest BCUT2D eigenvalue weighted by Crippen LogP contribution is 2.04. The van der Waals surface area contributed by atoms with Crippen LogP contribution in [0, 0.1) is 0 Å². The minimum absolute atomic E-state index is 0.247. The molecule has 0 saturated heterocycles. The van der Waals surface area contributed by atoms with Gasteiger partial charge < -0.3 is 5.32 Å². The Labute approximate surface area is 117 Å². The first-order chi connectivity index (χ1) is 9.03. The zero-order chi connectivity index (χ0) is 14.1. The third kappa shape index (κ3) is 7.33. The van der Waals surface area contributed by atoms with Crippen molar-refractivity contribution < 1.29 is 8.42 Å². The molecular weight excluding hydrogens is 258 g/mol. The maximum absolute atomic E-state index is 11.6. The van der Waals surface area contributed by atoms with E-state index in [0.29, 0.717) is 24.8 Å². The Morgan fingerprint density at radius 1 is 1.16 bits per heavy atom. The molecule has 4 heteroatoms. The second kappa shape index (κ2) is 8.33. The van der Waals surface area contributed by atoms with Gasteiger partial charge in [-0.05, 0) is 31.7 Å². The standard InChI is InChI=1S/C15H25NO2S/c1-3-12-19(17,18)13-11-16-14(2)9-10-15-7-5-4-6-8-15/h4-8,14,16H,3,9-13H2,1-2H3. The van der Waals surface area contributed by atoms with Crippen LogP contribution in [-0.2, 0) is 16.3 Å². The van der Waals surface area contributed by atoms with Gasteiger partial charge in [-0.1, -0.05) is 37.3 Å². The molecule has 1 rings (SSSR count). The van der Waals surface area contributed by atoms with Crippen molar-refractivity contribution in [2.75, 3.05) is 18.1 Å². The van der Waals surface area contributed by atoms with E-state index >= 15 is 0 Å². The lowest BCUT2D eigenvalue weighted by Crippen LogP contribution is -2.31. The summed E-state index contributed by atoms with van der Waals surface area (Å²) in [7, 11) is -2.86. The van der Waals surface area contributed by atoms with E-state index in [9.17, 15) is 8.42 Å². The predicted molar refractivity (Wildman–Crippen MR) is 81.2 cm³/mol. The van der Waals surface area contributed by atoms with Gasteiger partial charge in [-0.15, -0.1) is 0 Å². The van der Waals surface area contributed by atoms with E-state index < -0.39 is 9.84 Å². The zero-order valence-corrected chi connectivity index (χ0v) is 12.7. The fourth-order valence-corrected chi connectivity index (χ4v) is 3.26. The molecule has 0 heterocycles. The minimum Gasteiger partial charge on any atom is -0.313 e. The van der Waals surface area contributed by atoms with Crippen molar-refractivity contribution in [1.82, 2.24) is 5.32 Å². The zero-order valence-electron chi connectivity index (χ0n) is 11.9. The van der Waals surface area contributed by atoms with Gasteiger partial charge in [-0.3, -0.25) is 0 Å². The lowest BCUT2D eigenvalue weighted by Gasteiger charge is -2.13. The van der Waals surface area contributed by atoms with Crippen LogP contribution in [0.5, 0.6) is 0 Å². The number of hydrogen-bond acceptors (Lipinski definition) is 3. The molecule has 0 aliphatic rings. The largest absolute Gasteiger partial charge is 0.313 e. The van der Waals surface area contributed by atoms with E-state index in [1.54, 1.807) is 0 Å². The molecule has 0 fully saturated rings. The highest BCUT2D eigenvalue weighted by molar-refractivity contribution is 7.91. The van der Waals surface area contributed by atoms with E-state index in [0.717, 1.165) is 12.8 Å². The number of sulfone groups is 1. The van der Waals surface area contributed by atoms with E-state index in [2.05, 4.69) is 24.4 Å². The third-order valence-corrected chi connectivity index (χ3v) is 4.99. The topological polar surface area (TPSA) is 46.2 Å². The summed E-state index contributed by atoms with van der Waals surface area (Å²) in [4.78, 5) is 0. The van der Waals surface area contributed by atoms with Crippen molar-refractivity contribution in [1.29, 1.82) is 0 Å². The summed E-state index contributed by atoms with van der Waals surface area (Å²) < 4.78 is 23.1. The first-order valence-electron chi connectivity index (χ1n) is 7.01. The Morgan fingerprint density at radius 3 is 2.47 bits per heavy atom. The normalized spacial score (nSPS) is 13.4. The van der Waals surface area contributed by atoms with Crippen LogP contribution >= 0.6 is 0 Å². The van der Waals surface area contributed by atoms with Gasteiger partial charge >= 0.3 is 0 Å². The molecule has 0 saturated carbocycles. The molecule has 19 heavy (non-hydrogen) atoms. The molecule has 0 amide bonds. The molecule has 1 unspecified atom stereocenters. The molecular formula is C15H25NO2S. The number of rotatable bonds is 9. The van der Waals surface area contributed by atoms with Gasteiger partial charge in [0.2, 0.25) is 0 Å². The maximum Gasteiger partial charge on any atom is 0.151 e. The van der Waals surface area contributed by atoms with Crippen molar-refractivity contribution in [2.24, 2.45) is 0 Å². The van der Waals surface area contributed by atoms with Crippen LogP contribution in [0.3, 0.4) is 0 Å². The fourth-order valence-electron chi connectivity index (χ4n) is 2.00. The van der Waals surface area contributed by atoms with Crippen LogP contribution in [0.2, 0.25) is 0 Å². The molecule has 0 aliphatic carbocycles. The average Bonchev–Trinajstić information content (AvgIpc) is 2.37. The Hall–Kier alpha value is -0.870. The summed E-state index contributed by atoms with van der Waals surface area (Å²) >= 11 is 0. The summed E-state index contributed by atoms with van der Waals surface area (Å²) in [6.45, 7) is 4.56. The van der Waals surface area contributed by atoms with E-state index in [4.69, 9.17) is 0 Å².